The highest BCUT2D eigenvalue weighted by Crippen LogP contribution is 2.25. The van der Waals surface area contributed by atoms with Crippen LogP contribution >= 0.6 is 0 Å². The predicted octanol–water partition coefficient (Wildman–Crippen LogP) is 4.37. The molecule has 0 aliphatic heterocycles. The molecule has 0 aliphatic rings. The Hall–Kier alpha value is -3.88. The van der Waals surface area contributed by atoms with Crippen LogP contribution in [0.15, 0.2) is 63.9 Å². The zero-order chi connectivity index (χ0) is 22.5. The lowest BCUT2D eigenvalue weighted by Gasteiger charge is -2.18. The molecule has 0 radical (unpaired) electrons. The van der Waals surface area contributed by atoms with E-state index in [0.29, 0.717) is 28.9 Å². The Morgan fingerprint density at radius 2 is 2.00 bits per heavy atom. The maximum Gasteiger partial charge on any atom is 0.249 e. The Morgan fingerprint density at radius 1 is 1.16 bits per heavy atom. The van der Waals surface area contributed by atoms with E-state index in [9.17, 15) is 9.18 Å². The minimum absolute atomic E-state index is 0.0237. The summed E-state index contributed by atoms with van der Waals surface area (Å²) in [4.78, 5) is 25.2. The van der Waals surface area contributed by atoms with Gasteiger partial charge in [-0.3, -0.25) is 9.78 Å². The molecule has 1 aromatic carbocycles. The van der Waals surface area contributed by atoms with Crippen LogP contribution in [0.2, 0.25) is 0 Å². The molecule has 32 heavy (non-hydrogen) atoms. The quantitative estimate of drug-likeness (QED) is 0.438. The van der Waals surface area contributed by atoms with E-state index in [1.807, 2.05) is 19.9 Å². The number of halogens is 1. The lowest BCUT2D eigenvalue weighted by molar-refractivity contribution is -0.122. The van der Waals surface area contributed by atoms with Crippen LogP contribution in [0, 0.1) is 11.7 Å². The van der Waals surface area contributed by atoms with Gasteiger partial charge in [0.25, 0.3) is 0 Å². The Balaban J connectivity index is 1.38. The first-order valence-corrected chi connectivity index (χ1v) is 10.2. The number of nitrogens with one attached hydrogen (secondary N) is 1. The molecule has 9 heteroatoms. The van der Waals surface area contributed by atoms with E-state index in [0.717, 1.165) is 5.56 Å². The number of carbonyl (C=O) groups excluding carboxylic acids is 1. The van der Waals surface area contributed by atoms with Crippen molar-refractivity contribution in [2.24, 2.45) is 5.92 Å². The molecule has 0 aliphatic carbocycles. The van der Waals surface area contributed by atoms with Gasteiger partial charge in [-0.05, 0) is 30.2 Å². The molecular weight excluding hydrogens is 413 g/mol. The molecule has 8 nitrogen and oxygen atoms in total. The third kappa shape index (κ3) is 4.88. The normalized spacial score (nSPS) is 12.1. The highest BCUT2D eigenvalue weighted by atomic mass is 19.1. The predicted molar refractivity (Wildman–Crippen MR) is 113 cm³/mol. The molecule has 0 fully saturated rings. The number of amides is 1. The summed E-state index contributed by atoms with van der Waals surface area (Å²) < 4.78 is 24.9. The van der Waals surface area contributed by atoms with Crippen molar-refractivity contribution in [1.82, 2.24) is 25.4 Å². The van der Waals surface area contributed by atoms with Crippen molar-refractivity contribution in [3.8, 4) is 22.7 Å². The minimum Gasteiger partial charge on any atom is -0.441 e. The molecular formula is C23H22FN5O3. The van der Waals surface area contributed by atoms with Gasteiger partial charge in [-0.1, -0.05) is 31.1 Å². The van der Waals surface area contributed by atoms with E-state index < -0.39 is 11.9 Å². The number of hydrogen-bond acceptors (Lipinski definition) is 7. The van der Waals surface area contributed by atoms with Crippen LogP contribution in [-0.2, 0) is 11.2 Å². The van der Waals surface area contributed by atoms with Gasteiger partial charge in [-0.25, -0.2) is 9.37 Å². The van der Waals surface area contributed by atoms with Crippen molar-refractivity contribution in [3.05, 3.63) is 72.6 Å². The number of rotatable bonds is 8. The number of nitrogens with zero attached hydrogens (tertiary/aromatic N) is 4. The molecule has 1 unspecified atom stereocenters. The van der Waals surface area contributed by atoms with E-state index >= 15 is 0 Å². The lowest BCUT2D eigenvalue weighted by Crippen LogP contribution is -2.32. The van der Waals surface area contributed by atoms with Crippen molar-refractivity contribution < 1.29 is 18.1 Å². The topological polar surface area (TPSA) is 107 Å². The van der Waals surface area contributed by atoms with Gasteiger partial charge in [0.2, 0.25) is 17.6 Å². The highest BCUT2D eigenvalue weighted by Gasteiger charge is 2.25. The molecule has 0 spiro atoms. The molecule has 3 aromatic heterocycles. The van der Waals surface area contributed by atoms with Crippen LogP contribution in [0.4, 0.5) is 4.39 Å². The Labute approximate surface area is 183 Å². The standard InChI is InChI=1S/C23H22FN5O3/c1-14(2)21(23-28-22(29-32-23)15-6-5-11-25-12-15)27-19(30)9-10-20-26-13-18(31-20)16-7-3-4-8-17(16)24/h3-8,11-14,21H,9-10H2,1-2H3,(H,27,30). The fraction of sp³-hybridized carbons (Fsp3) is 0.261. The van der Waals surface area contributed by atoms with Gasteiger partial charge in [0.05, 0.1) is 11.8 Å². The van der Waals surface area contributed by atoms with Crippen molar-refractivity contribution in [2.45, 2.75) is 32.7 Å². The second-order valence-electron chi connectivity index (χ2n) is 7.59. The average molecular weight is 435 g/mol. The number of oxazole rings is 1. The van der Waals surface area contributed by atoms with Crippen LogP contribution in [0.5, 0.6) is 0 Å². The maximum absolute atomic E-state index is 13.9. The zero-order valence-electron chi connectivity index (χ0n) is 17.7. The second kappa shape index (κ2) is 9.51. The Morgan fingerprint density at radius 3 is 2.75 bits per heavy atom. The molecule has 1 N–H and O–H groups in total. The molecule has 4 rings (SSSR count). The number of aromatic nitrogens is 4. The van der Waals surface area contributed by atoms with Crippen LogP contribution in [-0.4, -0.2) is 26.0 Å². The van der Waals surface area contributed by atoms with Gasteiger partial charge >= 0.3 is 0 Å². The average Bonchev–Trinajstić information content (AvgIpc) is 3.47. The molecule has 3 heterocycles. The summed E-state index contributed by atoms with van der Waals surface area (Å²) in [6.07, 6.45) is 5.18. The first kappa shape index (κ1) is 21.4. The summed E-state index contributed by atoms with van der Waals surface area (Å²) in [6.45, 7) is 3.90. The van der Waals surface area contributed by atoms with Crippen molar-refractivity contribution >= 4 is 5.91 Å². The number of carbonyl (C=O) groups is 1. The van der Waals surface area contributed by atoms with Crippen molar-refractivity contribution in [3.63, 3.8) is 0 Å². The minimum atomic E-state index is -0.445. The van der Waals surface area contributed by atoms with Gasteiger partial charge in [0, 0.05) is 30.8 Å². The first-order chi connectivity index (χ1) is 15.5. The summed E-state index contributed by atoms with van der Waals surface area (Å²) in [5.41, 5.74) is 1.06. The zero-order valence-corrected chi connectivity index (χ0v) is 17.7. The fourth-order valence-corrected chi connectivity index (χ4v) is 3.16. The third-order valence-corrected chi connectivity index (χ3v) is 4.87. The lowest BCUT2D eigenvalue weighted by atomic mass is 10.0. The monoisotopic (exact) mass is 435 g/mol. The fourth-order valence-electron chi connectivity index (χ4n) is 3.16. The highest BCUT2D eigenvalue weighted by molar-refractivity contribution is 5.76. The smallest absolute Gasteiger partial charge is 0.249 e. The largest absolute Gasteiger partial charge is 0.441 e. The van der Waals surface area contributed by atoms with Gasteiger partial charge in [0.1, 0.15) is 11.9 Å². The van der Waals surface area contributed by atoms with E-state index in [-0.39, 0.29) is 24.7 Å². The number of hydrogen-bond donors (Lipinski definition) is 1. The van der Waals surface area contributed by atoms with Gasteiger partial charge < -0.3 is 14.3 Å². The SMILES string of the molecule is CC(C)C(NC(=O)CCc1ncc(-c2ccccc2F)o1)c1nc(-c2cccnc2)no1. The van der Waals surface area contributed by atoms with E-state index in [1.165, 1.54) is 12.3 Å². The molecule has 0 saturated carbocycles. The van der Waals surface area contributed by atoms with Crippen LogP contribution in [0.1, 0.15) is 38.1 Å². The first-order valence-electron chi connectivity index (χ1n) is 10.2. The van der Waals surface area contributed by atoms with E-state index in [1.54, 1.807) is 36.7 Å². The maximum atomic E-state index is 13.9. The molecule has 0 saturated heterocycles. The summed E-state index contributed by atoms with van der Waals surface area (Å²) in [7, 11) is 0. The van der Waals surface area contributed by atoms with E-state index in [4.69, 9.17) is 8.94 Å². The van der Waals surface area contributed by atoms with Gasteiger partial charge in [-0.2, -0.15) is 4.98 Å². The Bertz CT molecular complexity index is 1190. The van der Waals surface area contributed by atoms with E-state index in [2.05, 4.69) is 25.4 Å². The number of aryl methyl sites for hydroxylation is 1. The van der Waals surface area contributed by atoms with Crippen LogP contribution in [0.25, 0.3) is 22.7 Å². The summed E-state index contributed by atoms with van der Waals surface area (Å²) in [5, 5.41) is 6.93. The van der Waals surface area contributed by atoms with Gasteiger partial charge in [0.15, 0.2) is 11.7 Å². The molecule has 1 atom stereocenters. The summed E-state index contributed by atoms with van der Waals surface area (Å²) >= 11 is 0. The molecule has 0 bridgehead atoms. The molecule has 4 aromatic rings. The van der Waals surface area contributed by atoms with Gasteiger partial charge in [-0.15, -0.1) is 0 Å². The Kier molecular flexibility index (Phi) is 6.34. The molecule has 164 valence electrons. The van der Waals surface area contributed by atoms with Crippen LogP contribution in [0.3, 0.4) is 0 Å². The number of benzene rings is 1. The van der Waals surface area contributed by atoms with Crippen molar-refractivity contribution in [1.29, 1.82) is 0 Å². The van der Waals surface area contributed by atoms with Crippen molar-refractivity contribution in [2.75, 3.05) is 0 Å². The summed E-state index contributed by atoms with van der Waals surface area (Å²) in [5.74, 6) is 0.839. The summed E-state index contributed by atoms with van der Waals surface area (Å²) in [6, 6.07) is 9.47. The third-order valence-electron chi connectivity index (χ3n) is 4.87. The number of pyridine rings is 1. The molecule has 1 amide bonds. The second-order valence-corrected chi connectivity index (χ2v) is 7.59. The van der Waals surface area contributed by atoms with Crippen LogP contribution < -0.4 is 5.32 Å².